The SMILES string of the molecule is NS(=O)(=O)c1ccc(-c2cc(NC(=O)C(O)c3ccc(Cl)cc3)cc3cn[nH]c23)cc1. The third kappa shape index (κ3) is 4.44. The first-order valence-corrected chi connectivity index (χ1v) is 11.0. The molecule has 0 aliphatic rings. The van der Waals surface area contributed by atoms with Gasteiger partial charge in [-0.05, 0) is 47.5 Å². The zero-order valence-corrected chi connectivity index (χ0v) is 17.5. The molecule has 10 heteroatoms. The van der Waals surface area contributed by atoms with E-state index in [1.807, 2.05) is 0 Å². The lowest BCUT2D eigenvalue weighted by Gasteiger charge is -2.13. The lowest BCUT2D eigenvalue weighted by Crippen LogP contribution is -2.20. The number of amides is 1. The molecule has 0 bridgehead atoms. The van der Waals surface area contributed by atoms with Crippen LogP contribution in [0.3, 0.4) is 0 Å². The number of hydrogen-bond donors (Lipinski definition) is 4. The Kier molecular flexibility index (Phi) is 5.50. The van der Waals surface area contributed by atoms with E-state index in [2.05, 4.69) is 15.5 Å². The van der Waals surface area contributed by atoms with Crippen molar-refractivity contribution in [1.29, 1.82) is 0 Å². The average molecular weight is 457 g/mol. The van der Waals surface area contributed by atoms with Gasteiger partial charge in [0.25, 0.3) is 5.91 Å². The number of halogens is 1. The minimum Gasteiger partial charge on any atom is -0.378 e. The van der Waals surface area contributed by atoms with Gasteiger partial charge in [-0.15, -0.1) is 0 Å². The number of fused-ring (bicyclic) bond motifs is 1. The second-order valence-electron chi connectivity index (χ2n) is 6.87. The summed E-state index contributed by atoms with van der Waals surface area (Å²) in [5, 5.41) is 26.4. The molecule has 1 unspecified atom stereocenters. The molecule has 8 nitrogen and oxygen atoms in total. The van der Waals surface area contributed by atoms with Crippen LogP contribution in [0.4, 0.5) is 5.69 Å². The Morgan fingerprint density at radius 3 is 2.42 bits per heavy atom. The Labute approximate surface area is 182 Å². The number of rotatable bonds is 5. The lowest BCUT2D eigenvalue weighted by molar-refractivity contribution is -0.124. The summed E-state index contributed by atoms with van der Waals surface area (Å²) in [5.74, 6) is -0.610. The van der Waals surface area contributed by atoms with Crippen molar-refractivity contribution < 1.29 is 18.3 Å². The smallest absolute Gasteiger partial charge is 0.257 e. The van der Waals surface area contributed by atoms with Crippen molar-refractivity contribution >= 4 is 44.1 Å². The number of aromatic amines is 1. The van der Waals surface area contributed by atoms with E-state index in [0.717, 1.165) is 5.39 Å². The van der Waals surface area contributed by atoms with Gasteiger partial charge in [-0.2, -0.15) is 5.10 Å². The highest BCUT2D eigenvalue weighted by atomic mass is 35.5. The molecule has 0 radical (unpaired) electrons. The van der Waals surface area contributed by atoms with Gasteiger partial charge in [0.05, 0.1) is 16.6 Å². The number of aromatic nitrogens is 2. The fourth-order valence-electron chi connectivity index (χ4n) is 3.19. The number of sulfonamides is 1. The van der Waals surface area contributed by atoms with Crippen molar-refractivity contribution in [3.8, 4) is 11.1 Å². The number of carbonyl (C=O) groups is 1. The molecule has 1 atom stereocenters. The summed E-state index contributed by atoms with van der Waals surface area (Å²) in [7, 11) is -3.81. The van der Waals surface area contributed by atoms with E-state index >= 15 is 0 Å². The average Bonchev–Trinajstić information content (AvgIpc) is 3.21. The molecule has 1 amide bonds. The molecule has 5 N–H and O–H groups in total. The van der Waals surface area contributed by atoms with Crippen LogP contribution in [0.25, 0.3) is 22.0 Å². The zero-order chi connectivity index (χ0) is 22.2. The monoisotopic (exact) mass is 456 g/mol. The van der Waals surface area contributed by atoms with Crippen molar-refractivity contribution in [2.75, 3.05) is 5.32 Å². The number of anilines is 1. The van der Waals surface area contributed by atoms with Crippen LogP contribution in [0.15, 0.2) is 71.8 Å². The first-order chi connectivity index (χ1) is 14.7. The summed E-state index contributed by atoms with van der Waals surface area (Å²) in [6, 6.07) is 15.8. The van der Waals surface area contributed by atoms with Crippen LogP contribution in [-0.2, 0) is 14.8 Å². The van der Waals surface area contributed by atoms with E-state index in [1.165, 1.54) is 12.1 Å². The molecular formula is C21H17ClN4O4S. The minimum absolute atomic E-state index is 0.00681. The fourth-order valence-corrected chi connectivity index (χ4v) is 3.83. The first-order valence-electron chi connectivity index (χ1n) is 9.07. The second kappa shape index (κ2) is 8.12. The van der Waals surface area contributed by atoms with Crippen LogP contribution in [-0.4, -0.2) is 29.6 Å². The van der Waals surface area contributed by atoms with Gasteiger partial charge in [-0.25, -0.2) is 13.6 Å². The molecule has 4 aromatic rings. The molecule has 0 fully saturated rings. The predicted molar refractivity (Wildman–Crippen MR) is 118 cm³/mol. The molecule has 0 saturated heterocycles. The van der Waals surface area contributed by atoms with Gasteiger partial charge in [-0.3, -0.25) is 9.89 Å². The maximum absolute atomic E-state index is 12.6. The highest BCUT2D eigenvalue weighted by Gasteiger charge is 2.19. The molecule has 3 aromatic carbocycles. The van der Waals surface area contributed by atoms with Crippen LogP contribution in [0.2, 0.25) is 5.02 Å². The number of carbonyl (C=O) groups excluding carboxylic acids is 1. The largest absolute Gasteiger partial charge is 0.378 e. The van der Waals surface area contributed by atoms with E-state index in [9.17, 15) is 18.3 Å². The van der Waals surface area contributed by atoms with Crippen molar-refractivity contribution in [3.05, 3.63) is 77.4 Å². The Balaban J connectivity index is 1.67. The van der Waals surface area contributed by atoms with Crippen LogP contribution in [0.1, 0.15) is 11.7 Å². The van der Waals surface area contributed by atoms with Gasteiger partial charge >= 0.3 is 0 Å². The maximum atomic E-state index is 12.6. The lowest BCUT2D eigenvalue weighted by atomic mass is 10.0. The molecule has 31 heavy (non-hydrogen) atoms. The van der Waals surface area contributed by atoms with Gasteiger partial charge in [0.1, 0.15) is 0 Å². The maximum Gasteiger partial charge on any atom is 0.257 e. The Morgan fingerprint density at radius 2 is 1.77 bits per heavy atom. The van der Waals surface area contributed by atoms with Crippen molar-refractivity contribution in [3.63, 3.8) is 0 Å². The number of primary sulfonamides is 1. The standard InChI is InChI=1S/C21H17ClN4O4S/c22-15-5-1-13(2-6-15)20(27)21(28)25-16-9-14-11-24-26-19(14)18(10-16)12-3-7-17(8-4-12)31(23,29)30/h1-11,20,27H,(H,24,26)(H,25,28)(H2,23,29,30). The number of nitrogens with zero attached hydrogens (tertiary/aromatic N) is 1. The molecule has 0 aliphatic carbocycles. The minimum atomic E-state index is -3.81. The van der Waals surface area contributed by atoms with Gasteiger partial charge in [0, 0.05) is 21.7 Å². The van der Waals surface area contributed by atoms with Gasteiger partial charge in [0.2, 0.25) is 10.0 Å². The molecule has 4 rings (SSSR count). The highest BCUT2D eigenvalue weighted by molar-refractivity contribution is 7.89. The van der Waals surface area contributed by atoms with Crippen molar-refractivity contribution in [2.45, 2.75) is 11.0 Å². The molecule has 0 aliphatic heterocycles. The summed E-state index contributed by atoms with van der Waals surface area (Å²) >= 11 is 5.85. The normalized spacial score (nSPS) is 12.6. The zero-order valence-electron chi connectivity index (χ0n) is 15.9. The molecule has 1 aromatic heterocycles. The number of nitrogens with two attached hydrogens (primary N) is 1. The summed E-state index contributed by atoms with van der Waals surface area (Å²) < 4.78 is 23.0. The Morgan fingerprint density at radius 1 is 1.10 bits per heavy atom. The Hall–Kier alpha value is -3.24. The van der Waals surface area contributed by atoms with Crippen molar-refractivity contribution in [2.24, 2.45) is 5.14 Å². The van der Waals surface area contributed by atoms with E-state index in [-0.39, 0.29) is 4.90 Å². The van der Waals surface area contributed by atoms with E-state index in [1.54, 1.807) is 54.7 Å². The van der Waals surface area contributed by atoms with Gasteiger partial charge in [-0.1, -0.05) is 35.9 Å². The first kappa shape index (κ1) is 21.0. The summed E-state index contributed by atoms with van der Waals surface area (Å²) in [5.41, 5.74) is 2.94. The fraction of sp³-hybridized carbons (Fsp3) is 0.0476. The Bertz CT molecular complexity index is 1370. The summed E-state index contributed by atoms with van der Waals surface area (Å²) in [6.07, 6.45) is 0.220. The molecular weight excluding hydrogens is 440 g/mol. The molecule has 0 spiro atoms. The molecule has 0 saturated carbocycles. The van der Waals surface area contributed by atoms with Crippen LogP contribution < -0.4 is 10.5 Å². The number of H-pyrrole nitrogens is 1. The van der Waals surface area contributed by atoms with E-state index < -0.39 is 22.0 Å². The summed E-state index contributed by atoms with van der Waals surface area (Å²) in [6.45, 7) is 0. The quantitative estimate of drug-likeness (QED) is 0.365. The number of aliphatic hydroxyl groups excluding tert-OH is 1. The topological polar surface area (TPSA) is 138 Å². The third-order valence-electron chi connectivity index (χ3n) is 4.74. The number of benzene rings is 3. The van der Waals surface area contributed by atoms with Crippen molar-refractivity contribution in [1.82, 2.24) is 10.2 Å². The number of nitrogens with one attached hydrogen (secondary N) is 2. The van der Waals surface area contributed by atoms with Crippen LogP contribution >= 0.6 is 11.6 Å². The molecule has 1 heterocycles. The van der Waals surface area contributed by atoms with Gasteiger partial charge in [0.15, 0.2) is 6.10 Å². The van der Waals surface area contributed by atoms with Crippen LogP contribution in [0, 0.1) is 0 Å². The van der Waals surface area contributed by atoms with Gasteiger partial charge < -0.3 is 10.4 Å². The highest BCUT2D eigenvalue weighted by Crippen LogP contribution is 2.32. The van der Waals surface area contributed by atoms with E-state index in [4.69, 9.17) is 16.7 Å². The van der Waals surface area contributed by atoms with Crippen LogP contribution in [0.5, 0.6) is 0 Å². The third-order valence-corrected chi connectivity index (χ3v) is 5.93. The number of hydrogen-bond acceptors (Lipinski definition) is 5. The second-order valence-corrected chi connectivity index (χ2v) is 8.87. The van der Waals surface area contributed by atoms with E-state index in [0.29, 0.717) is 32.9 Å². The number of aliphatic hydroxyl groups is 1. The predicted octanol–water partition coefficient (Wildman–Crippen LogP) is 3.20. The summed E-state index contributed by atoms with van der Waals surface area (Å²) in [4.78, 5) is 12.6. The molecule has 158 valence electrons.